The minimum Gasteiger partial charge on any atom is -0.372 e. The molecule has 2 heterocycles. The van der Waals surface area contributed by atoms with Crippen LogP contribution in [-0.2, 0) is 0 Å². The number of rotatable bonds is 3. The van der Waals surface area contributed by atoms with Gasteiger partial charge in [-0.05, 0) is 49.3 Å². The van der Waals surface area contributed by atoms with E-state index < -0.39 is 0 Å². The zero-order chi connectivity index (χ0) is 13.1. The van der Waals surface area contributed by atoms with Crippen molar-refractivity contribution in [3.8, 4) is 0 Å². The van der Waals surface area contributed by atoms with Crippen LogP contribution in [0.15, 0.2) is 30.5 Å². The molecule has 0 bridgehead atoms. The molecule has 1 aromatic carbocycles. The fraction of sp³-hybridized carbons (Fsp3) is 0.308. The molecular weight excluding hydrogens is 258 g/mol. The summed E-state index contributed by atoms with van der Waals surface area (Å²) in [7, 11) is 0. The molecule has 1 saturated heterocycles. The number of nitrogens with one attached hydrogen (secondary N) is 2. The number of hydrogen-bond donors (Lipinski definition) is 2. The van der Waals surface area contributed by atoms with Crippen molar-refractivity contribution in [2.75, 3.05) is 23.3 Å². The standard InChI is InChI=1S/C13H15N5S/c19-13-16-12(9-14-17-13)15-10-3-5-11(6-4-10)18-7-1-2-8-18/h3-6,9H,1-2,7-8H2,(H2,15,16,17,19). The Kier molecular flexibility index (Phi) is 3.41. The second-order valence-corrected chi connectivity index (χ2v) is 4.92. The molecule has 0 spiro atoms. The van der Waals surface area contributed by atoms with Crippen molar-refractivity contribution in [2.45, 2.75) is 12.8 Å². The van der Waals surface area contributed by atoms with Gasteiger partial charge in [0.1, 0.15) is 0 Å². The van der Waals surface area contributed by atoms with Gasteiger partial charge in [0.2, 0.25) is 4.77 Å². The molecule has 0 aliphatic carbocycles. The monoisotopic (exact) mass is 273 g/mol. The molecule has 19 heavy (non-hydrogen) atoms. The molecule has 5 nitrogen and oxygen atoms in total. The Labute approximate surface area is 116 Å². The third kappa shape index (κ3) is 2.90. The van der Waals surface area contributed by atoms with Crippen LogP contribution in [-0.4, -0.2) is 28.3 Å². The third-order valence-electron chi connectivity index (χ3n) is 3.18. The van der Waals surface area contributed by atoms with Gasteiger partial charge in [-0.25, -0.2) is 0 Å². The minimum atomic E-state index is 0.374. The van der Waals surface area contributed by atoms with Crippen molar-refractivity contribution >= 4 is 29.4 Å². The number of aromatic amines is 1. The fourth-order valence-electron chi connectivity index (χ4n) is 2.25. The molecule has 0 unspecified atom stereocenters. The number of hydrogen-bond acceptors (Lipinski definition) is 5. The van der Waals surface area contributed by atoms with Crippen LogP contribution in [0, 0.1) is 4.77 Å². The largest absolute Gasteiger partial charge is 0.372 e. The van der Waals surface area contributed by atoms with E-state index in [-0.39, 0.29) is 0 Å². The summed E-state index contributed by atoms with van der Waals surface area (Å²) in [5.41, 5.74) is 2.26. The maximum Gasteiger partial charge on any atom is 0.215 e. The van der Waals surface area contributed by atoms with Gasteiger partial charge < -0.3 is 10.2 Å². The number of anilines is 3. The summed E-state index contributed by atoms with van der Waals surface area (Å²) >= 11 is 4.93. The topological polar surface area (TPSA) is 56.8 Å². The van der Waals surface area contributed by atoms with Gasteiger partial charge in [0.15, 0.2) is 5.82 Å². The smallest absolute Gasteiger partial charge is 0.215 e. The molecule has 0 radical (unpaired) electrons. The first kappa shape index (κ1) is 12.1. The normalized spacial score (nSPS) is 14.6. The van der Waals surface area contributed by atoms with E-state index in [0.29, 0.717) is 10.6 Å². The SMILES string of the molecule is S=c1nc(Nc2ccc(N3CCCC3)cc2)cn[nH]1. The Morgan fingerprint density at radius 2 is 1.89 bits per heavy atom. The van der Waals surface area contributed by atoms with Gasteiger partial charge in [-0.1, -0.05) is 0 Å². The van der Waals surface area contributed by atoms with Crippen LogP contribution >= 0.6 is 12.2 Å². The van der Waals surface area contributed by atoms with Crippen LogP contribution in [0.5, 0.6) is 0 Å². The molecule has 0 amide bonds. The number of aromatic nitrogens is 3. The number of benzene rings is 1. The van der Waals surface area contributed by atoms with Crippen LogP contribution in [0.2, 0.25) is 0 Å². The summed E-state index contributed by atoms with van der Waals surface area (Å²) in [6.45, 7) is 2.32. The van der Waals surface area contributed by atoms with Gasteiger partial charge in [-0.15, -0.1) is 0 Å². The second kappa shape index (κ2) is 5.36. The molecule has 1 fully saturated rings. The van der Waals surface area contributed by atoms with Crippen molar-refractivity contribution in [3.63, 3.8) is 0 Å². The van der Waals surface area contributed by atoms with E-state index >= 15 is 0 Å². The second-order valence-electron chi connectivity index (χ2n) is 4.54. The van der Waals surface area contributed by atoms with Crippen molar-refractivity contribution in [1.29, 1.82) is 0 Å². The van der Waals surface area contributed by atoms with E-state index in [0.717, 1.165) is 18.8 Å². The molecule has 0 atom stereocenters. The molecular formula is C13H15N5S. The summed E-state index contributed by atoms with van der Waals surface area (Å²) in [4.78, 5) is 6.55. The fourth-order valence-corrected chi connectivity index (χ4v) is 2.40. The Morgan fingerprint density at radius 1 is 1.16 bits per heavy atom. The van der Waals surface area contributed by atoms with Crippen LogP contribution in [0.3, 0.4) is 0 Å². The van der Waals surface area contributed by atoms with Crippen LogP contribution < -0.4 is 10.2 Å². The van der Waals surface area contributed by atoms with E-state index in [1.54, 1.807) is 6.20 Å². The minimum absolute atomic E-state index is 0.374. The highest BCUT2D eigenvalue weighted by Crippen LogP contribution is 2.23. The summed E-state index contributed by atoms with van der Waals surface area (Å²) in [5.74, 6) is 0.651. The Morgan fingerprint density at radius 3 is 2.58 bits per heavy atom. The molecule has 0 saturated carbocycles. The van der Waals surface area contributed by atoms with Crippen LogP contribution in [0.25, 0.3) is 0 Å². The lowest BCUT2D eigenvalue weighted by Gasteiger charge is -2.17. The molecule has 1 aromatic heterocycles. The van der Waals surface area contributed by atoms with Gasteiger partial charge in [0.25, 0.3) is 0 Å². The Balaban J connectivity index is 1.73. The molecule has 1 aliphatic rings. The first-order valence-electron chi connectivity index (χ1n) is 6.35. The van der Waals surface area contributed by atoms with E-state index in [1.165, 1.54) is 18.5 Å². The quantitative estimate of drug-likeness (QED) is 0.842. The van der Waals surface area contributed by atoms with Gasteiger partial charge >= 0.3 is 0 Å². The first-order valence-corrected chi connectivity index (χ1v) is 6.76. The average molecular weight is 273 g/mol. The zero-order valence-electron chi connectivity index (χ0n) is 10.5. The predicted octanol–water partition coefficient (Wildman–Crippen LogP) is 2.88. The summed E-state index contributed by atoms with van der Waals surface area (Å²) in [6, 6.07) is 8.36. The molecule has 2 aromatic rings. The highest BCUT2D eigenvalue weighted by molar-refractivity contribution is 7.71. The maximum atomic E-state index is 4.93. The van der Waals surface area contributed by atoms with Gasteiger partial charge in [-0.3, -0.25) is 5.10 Å². The van der Waals surface area contributed by atoms with Gasteiger partial charge in [0, 0.05) is 24.5 Å². The van der Waals surface area contributed by atoms with Crippen LogP contribution in [0.1, 0.15) is 12.8 Å². The van der Waals surface area contributed by atoms with Crippen molar-refractivity contribution < 1.29 is 0 Å². The van der Waals surface area contributed by atoms with E-state index in [9.17, 15) is 0 Å². The highest BCUT2D eigenvalue weighted by Gasteiger charge is 2.11. The summed E-state index contributed by atoms with van der Waals surface area (Å²) < 4.78 is 0.374. The average Bonchev–Trinajstić information content (AvgIpc) is 2.94. The lowest BCUT2D eigenvalue weighted by Crippen LogP contribution is -2.17. The van der Waals surface area contributed by atoms with E-state index in [4.69, 9.17) is 12.2 Å². The third-order valence-corrected chi connectivity index (χ3v) is 3.36. The van der Waals surface area contributed by atoms with E-state index in [2.05, 4.69) is 49.7 Å². The predicted molar refractivity (Wildman–Crippen MR) is 78.4 cm³/mol. The lowest BCUT2D eigenvalue weighted by atomic mass is 10.2. The molecule has 3 rings (SSSR count). The number of H-pyrrole nitrogens is 1. The van der Waals surface area contributed by atoms with Crippen molar-refractivity contribution in [1.82, 2.24) is 15.2 Å². The van der Waals surface area contributed by atoms with Gasteiger partial charge in [0.05, 0.1) is 6.20 Å². The highest BCUT2D eigenvalue weighted by atomic mass is 32.1. The Hall–Kier alpha value is -1.95. The Bertz CT molecular complexity index is 601. The maximum absolute atomic E-state index is 4.93. The summed E-state index contributed by atoms with van der Waals surface area (Å²) in [6.07, 6.45) is 4.19. The first-order chi connectivity index (χ1) is 9.31. The zero-order valence-corrected chi connectivity index (χ0v) is 11.3. The van der Waals surface area contributed by atoms with Gasteiger partial charge in [-0.2, -0.15) is 10.1 Å². The number of nitrogens with zero attached hydrogens (tertiary/aromatic N) is 3. The van der Waals surface area contributed by atoms with Crippen molar-refractivity contribution in [2.24, 2.45) is 0 Å². The summed E-state index contributed by atoms with van der Waals surface area (Å²) in [5, 5.41) is 9.69. The molecule has 2 N–H and O–H groups in total. The molecule has 98 valence electrons. The molecule has 6 heteroatoms. The molecule has 1 aliphatic heterocycles. The van der Waals surface area contributed by atoms with E-state index in [1.807, 2.05) is 0 Å². The lowest BCUT2D eigenvalue weighted by molar-refractivity contribution is 0.949. The van der Waals surface area contributed by atoms with Crippen LogP contribution in [0.4, 0.5) is 17.2 Å². The van der Waals surface area contributed by atoms with Crippen molar-refractivity contribution in [3.05, 3.63) is 35.2 Å².